The summed E-state index contributed by atoms with van der Waals surface area (Å²) in [6.07, 6.45) is 3.47. The number of nitrogens with zero attached hydrogens (tertiary/aromatic N) is 3. The zero-order chi connectivity index (χ0) is 13.1. The number of halogens is 1. The molecule has 5 heteroatoms. The zero-order valence-corrected chi connectivity index (χ0v) is 10.8. The summed E-state index contributed by atoms with van der Waals surface area (Å²) in [7, 11) is 0. The molecule has 0 atom stereocenters. The Kier molecular flexibility index (Phi) is 3.25. The largest absolute Gasteiger partial charge is 0.378 e. The van der Waals surface area contributed by atoms with Crippen LogP contribution in [0, 0.1) is 0 Å². The smallest absolute Gasteiger partial charge is 0.129 e. The van der Waals surface area contributed by atoms with Crippen LogP contribution in [0.4, 0.5) is 5.69 Å². The van der Waals surface area contributed by atoms with Crippen molar-refractivity contribution in [2.45, 2.75) is 6.54 Å². The molecule has 1 aromatic carbocycles. The lowest BCUT2D eigenvalue weighted by Crippen LogP contribution is -2.02. The summed E-state index contributed by atoms with van der Waals surface area (Å²) >= 11 is 5.73. The summed E-state index contributed by atoms with van der Waals surface area (Å²) < 4.78 is 0. The van der Waals surface area contributed by atoms with Gasteiger partial charge in [-0.3, -0.25) is 4.98 Å². The van der Waals surface area contributed by atoms with E-state index in [1.165, 1.54) is 0 Å². The summed E-state index contributed by atoms with van der Waals surface area (Å²) in [5.41, 5.74) is 3.59. The molecule has 0 unspecified atom stereocenters. The van der Waals surface area contributed by atoms with Gasteiger partial charge in [-0.15, -0.1) is 0 Å². The van der Waals surface area contributed by atoms with Crippen LogP contribution in [0.25, 0.3) is 11.0 Å². The Labute approximate surface area is 115 Å². The number of hydrogen-bond acceptors (Lipinski definition) is 4. The minimum Gasteiger partial charge on any atom is -0.378 e. The second-order valence-electron chi connectivity index (χ2n) is 4.07. The predicted octanol–water partition coefficient (Wildman–Crippen LogP) is 3.29. The zero-order valence-electron chi connectivity index (χ0n) is 10.0. The van der Waals surface area contributed by atoms with Gasteiger partial charge in [0.1, 0.15) is 5.15 Å². The van der Waals surface area contributed by atoms with Gasteiger partial charge in [-0.25, -0.2) is 9.97 Å². The topological polar surface area (TPSA) is 50.7 Å². The number of para-hydroxylation sites is 2. The Morgan fingerprint density at radius 1 is 0.947 bits per heavy atom. The Balaban J connectivity index is 1.76. The molecule has 2 heterocycles. The third-order valence-corrected chi connectivity index (χ3v) is 2.92. The van der Waals surface area contributed by atoms with E-state index in [1.807, 2.05) is 30.3 Å². The maximum Gasteiger partial charge on any atom is 0.129 e. The first-order valence-corrected chi connectivity index (χ1v) is 6.25. The van der Waals surface area contributed by atoms with E-state index < -0.39 is 0 Å². The lowest BCUT2D eigenvalue weighted by molar-refractivity contribution is 1.04. The van der Waals surface area contributed by atoms with E-state index in [2.05, 4.69) is 20.3 Å². The molecular formula is C14H11ClN4. The summed E-state index contributed by atoms with van der Waals surface area (Å²) in [5, 5.41) is 3.71. The molecule has 3 aromatic rings. The van der Waals surface area contributed by atoms with Gasteiger partial charge < -0.3 is 5.32 Å². The van der Waals surface area contributed by atoms with E-state index in [9.17, 15) is 0 Å². The molecular weight excluding hydrogens is 260 g/mol. The van der Waals surface area contributed by atoms with Crippen molar-refractivity contribution in [3.05, 3.63) is 59.6 Å². The van der Waals surface area contributed by atoms with E-state index >= 15 is 0 Å². The molecule has 0 aliphatic heterocycles. The highest BCUT2D eigenvalue weighted by molar-refractivity contribution is 6.29. The van der Waals surface area contributed by atoms with Gasteiger partial charge in [-0.2, -0.15) is 0 Å². The lowest BCUT2D eigenvalue weighted by Gasteiger charge is -2.06. The Hall–Kier alpha value is -2.20. The average Bonchev–Trinajstić information content (AvgIpc) is 2.46. The van der Waals surface area contributed by atoms with E-state index in [0.717, 1.165) is 22.4 Å². The summed E-state index contributed by atoms with van der Waals surface area (Å²) in [6.45, 7) is 0.598. The molecule has 0 aliphatic rings. The SMILES string of the molecule is Clc1ccc(NCc2cnc3ccccc3n2)cn1. The molecule has 0 fully saturated rings. The Bertz CT molecular complexity index is 697. The molecule has 4 nitrogen and oxygen atoms in total. The second kappa shape index (κ2) is 5.20. The van der Waals surface area contributed by atoms with Gasteiger partial charge in [0.25, 0.3) is 0 Å². The molecule has 0 saturated heterocycles. The number of fused-ring (bicyclic) bond motifs is 1. The fourth-order valence-electron chi connectivity index (χ4n) is 1.75. The Morgan fingerprint density at radius 2 is 1.79 bits per heavy atom. The van der Waals surface area contributed by atoms with Gasteiger partial charge in [0, 0.05) is 0 Å². The van der Waals surface area contributed by atoms with Crippen LogP contribution in [0.3, 0.4) is 0 Å². The minimum absolute atomic E-state index is 0.482. The molecule has 19 heavy (non-hydrogen) atoms. The van der Waals surface area contributed by atoms with Crippen molar-refractivity contribution in [2.75, 3.05) is 5.32 Å². The maximum atomic E-state index is 5.73. The van der Waals surface area contributed by atoms with E-state index in [-0.39, 0.29) is 0 Å². The van der Waals surface area contributed by atoms with Crippen LogP contribution >= 0.6 is 11.6 Å². The number of rotatable bonds is 3. The third kappa shape index (κ3) is 2.80. The number of anilines is 1. The highest BCUT2D eigenvalue weighted by Gasteiger charge is 1.99. The molecule has 0 amide bonds. The van der Waals surface area contributed by atoms with Crippen LogP contribution in [0.5, 0.6) is 0 Å². The van der Waals surface area contributed by atoms with Crippen molar-refractivity contribution in [2.24, 2.45) is 0 Å². The fraction of sp³-hybridized carbons (Fsp3) is 0.0714. The summed E-state index contributed by atoms with van der Waals surface area (Å²) in [6, 6.07) is 11.4. The molecule has 0 radical (unpaired) electrons. The fourth-order valence-corrected chi connectivity index (χ4v) is 1.87. The van der Waals surface area contributed by atoms with Crippen LogP contribution in [0.15, 0.2) is 48.8 Å². The average molecular weight is 271 g/mol. The van der Waals surface area contributed by atoms with Crippen LogP contribution in [-0.4, -0.2) is 15.0 Å². The molecule has 0 aliphatic carbocycles. The molecule has 2 aromatic heterocycles. The predicted molar refractivity (Wildman–Crippen MR) is 76.1 cm³/mol. The number of hydrogen-bond donors (Lipinski definition) is 1. The molecule has 1 N–H and O–H groups in total. The third-order valence-electron chi connectivity index (χ3n) is 2.70. The van der Waals surface area contributed by atoms with Crippen LogP contribution < -0.4 is 5.32 Å². The van der Waals surface area contributed by atoms with Crippen LogP contribution in [0.2, 0.25) is 5.15 Å². The first-order chi connectivity index (χ1) is 9.31. The molecule has 0 saturated carbocycles. The number of benzene rings is 1. The van der Waals surface area contributed by atoms with Gasteiger partial charge >= 0.3 is 0 Å². The minimum atomic E-state index is 0.482. The Morgan fingerprint density at radius 3 is 2.58 bits per heavy atom. The van der Waals surface area contributed by atoms with Gasteiger partial charge in [0.15, 0.2) is 0 Å². The van der Waals surface area contributed by atoms with Crippen molar-refractivity contribution in [1.29, 1.82) is 0 Å². The highest BCUT2D eigenvalue weighted by atomic mass is 35.5. The van der Waals surface area contributed by atoms with Gasteiger partial charge in [0.2, 0.25) is 0 Å². The van der Waals surface area contributed by atoms with Crippen molar-refractivity contribution in [1.82, 2.24) is 15.0 Å². The van der Waals surface area contributed by atoms with Crippen LogP contribution in [-0.2, 0) is 6.54 Å². The number of pyridine rings is 1. The summed E-state index contributed by atoms with van der Waals surface area (Å²) in [4.78, 5) is 12.9. The van der Waals surface area contributed by atoms with Crippen molar-refractivity contribution in [3.8, 4) is 0 Å². The maximum absolute atomic E-state index is 5.73. The number of aromatic nitrogens is 3. The summed E-state index contributed by atoms with van der Waals surface area (Å²) in [5.74, 6) is 0. The van der Waals surface area contributed by atoms with E-state index in [0.29, 0.717) is 11.7 Å². The lowest BCUT2D eigenvalue weighted by atomic mass is 10.3. The molecule has 0 spiro atoms. The molecule has 94 valence electrons. The first-order valence-electron chi connectivity index (χ1n) is 5.87. The standard InChI is InChI=1S/C14H11ClN4/c15-14-6-5-10(7-18-14)16-8-11-9-17-12-3-1-2-4-13(12)19-11/h1-7,9,16H,8H2. The normalized spacial score (nSPS) is 10.6. The van der Waals surface area contributed by atoms with Crippen molar-refractivity contribution < 1.29 is 0 Å². The highest BCUT2D eigenvalue weighted by Crippen LogP contribution is 2.12. The van der Waals surface area contributed by atoms with Gasteiger partial charge in [-0.1, -0.05) is 23.7 Å². The second-order valence-corrected chi connectivity index (χ2v) is 4.46. The van der Waals surface area contributed by atoms with Crippen molar-refractivity contribution in [3.63, 3.8) is 0 Å². The quantitative estimate of drug-likeness (QED) is 0.742. The number of nitrogens with one attached hydrogen (secondary N) is 1. The monoisotopic (exact) mass is 270 g/mol. The van der Waals surface area contributed by atoms with E-state index in [1.54, 1.807) is 18.5 Å². The van der Waals surface area contributed by atoms with Gasteiger partial charge in [0.05, 0.1) is 41.4 Å². The molecule has 0 bridgehead atoms. The molecule has 3 rings (SSSR count). The van der Waals surface area contributed by atoms with Crippen molar-refractivity contribution >= 4 is 28.3 Å². The van der Waals surface area contributed by atoms with E-state index in [4.69, 9.17) is 11.6 Å². The first kappa shape index (κ1) is 11.9. The van der Waals surface area contributed by atoms with Gasteiger partial charge in [-0.05, 0) is 24.3 Å². The van der Waals surface area contributed by atoms with Crippen LogP contribution in [0.1, 0.15) is 5.69 Å².